The molecule has 2 atom stereocenters. The Balaban J connectivity index is 1.57. The summed E-state index contributed by atoms with van der Waals surface area (Å²) >= 11 is 6.37. The topological polar surface area (TPSA) is 62.0 Å². The normalized spacial score (nSPS) is 22.5. The summed E-state index contributed by atoms with van der Waals surface area (Å²) < 4.78 is 0. The van der Waals surface area contributed by atoms with Crippen molar-refractivity contribution in [1.82, 2.24) is 10.3 Å². The van der Waals surface area contributed by atoms with Gasteiger partial charge in [0.25, 0.3) is 5.91 Å². The molecule has 1 aliphatic heterocycles. The fourth-order valence-corrected chi connectivity index (χ4v) is 5.63. The van der Waals surface area contributed by atoms with Crippen LogP contribution in [-0.4, -0.2) is 29.7 Å². The van der Waals surface area contributed by atoms with Gasteiger partial charge in [0.15, 0.2) is 0 Å². The van der Waals surface area contributed by atoms with Crippen LogP contribution in [0.5, 0.6) is 0 Å². The van der Waals surface area contributed by atoms with Crippen molar-refractivity contribution in [3.05, 3.63) is 63.7 Å². The van der Waals surface area contributed by atoms with Gasteiger partial charge in [-0.2, -0.15) is 5.10 Å². The molecule has 0 saturated heterocycles. The average molecular weight is 434 g/mol. The summed E-state index contributed by atoms with van der Waals surface area (Å²) in [4.78, 5) is 20.2. The lowest BCUT2D eigenvalue weighted by molar-refractivity contribution is 0.0958. The van der Waals surface area contributed by atoms with Gasteiger partial charge in [0.1, 0.15) is 5.69 Å². The van der Waals surface area contributed by atoms with Gasteiger partial charge in [-0.1, -0.05) is 30.5 Å². The number of fused-ring (bicyclic) bond motifs is 3. The predicted octanol–water partition coefficient (Wildman–Crippen LogP) is 4.99. The Hall–Kier alpha value is -2.91. The molecule has 2 aromatic rings. The number of carbonyl (C=O) groups excluding carboxylic acids is 1. The van der Waals surface area contributed by atoms with Crippen molar-refractivity contribution in [3.63, 3.8) is 0 Å². The van der Waals surface area contributed by atoms with E-state index in [1.165, 1.54) is 25.7 Å². The summed E-state index contributed by atoms with van der Waals surface area (Å²) in [6, 6.07) is 9.69. The second kappa shape index (κ2) is 7.97. The molecular formula is C24H24ClN5O. The van der Waals surface area contributed by atoms with E-state index in [-0.39, 0.29) is 5.91 Å². The molecule has 5 rings (SSSR count). The van der Waals surface area contributed by atoms with Crippen molar-refractivity contribution < 1.29 is 4.79 Å². The Labute approximate surface area is 187 Å². The highest BCUT2D eigenvalue weighted by molar-refractivity contribution is 6.33. The maximum Gasteiger partial charge on any atom is 0.269 e. The monoisotopic (exact) mass is 433 g/mol. The number of benzene rings is 1. The van der Waals surface area contributed by atoms with E-state index in [4.69, 9.17) is 23.3 Å². The Kier molecular flexibility index (Phi) is 5.15. The van der Waals surface area contributed by atoms with Crippen molar-refractivity contribution in [3.8, 4) is 0 Å². The fraction of sp³-hybridized carbons (Fsp3) is 0.417. The highest BCUT2D eigenvalue weighted by Crippen LogP contribution is 2.45. The number of hydrazone groups is 1. The summed E-state index contributed by atoms with van der Waals surface area (Å²) in [5.74, 6) is 0.756. The van der Waals surface area contributed by atoms with Gasteiger partial charge in [0, 0.05) is 23.6 Å². The van der Waals surface area contributed by atoms with Crippen molar-refractivity contribution >= 4 is 34.6 Å². The second-order valence-electron chi connectivity index (χ2n) is 8.53. The number of nitrogens with one attached hydrogen (secondary N) is 1. The lowest BCUT2D eigenvalue weighted by Gasteiger charge is -2.34. The zero-order chi connectivity index (χ0) is 21.5. The summed E-state index contributed by atoms with van der Waals surface area (Å²) in [5, 5.41) is 10.4. The Morgan fingerprint density at radius 1 is 1.23 bits per heavy atom. The van der Waals surface area contributed by atoms with Gasteiger partial charge >= 0.3 is 0 Å². The van der Waals surface area contributed by atoms with E-state index >= 15 is 0 Å². The Morgan fingerprint density at radius 2 is 2.03 bits per heavy atom. The van der Waals surface area contributed by atoms with Crippen molar-refractivity contribution in [2.45, 2.75) is 44.6 Å². The summed E-state index contributed by atoms with van der Waals surface area (Å²) in [7, 11) is 1.62. The van der Waals surface area contributed by atoms with E-state index in [0.717, 1.165) is 35.5 Å². The van der Waals surface area contributed by atoms with Crippen LogP contribution < -0.4 is 10.3 Å². The van der Waals surface area contributed by atoms with Crippen molar-refractivity contribution in [2.75, 3.05) is 12.1 Å². The van der Waals surface area contributed by atoms with E-state index in [0.29, 0.717) is 34.3 Å². The standard InChI is InChI=1S/C24H24ClN5O/c1-26-20-10-7-15(13-18(20)25)30-23(14-5-3-4-6-14)17-9-11-19-16(22(17)29-30)8-12-21(28-19)24(31)27-2/h7-8,10,12-14,17,23H,3-6,9,11H2,2H3,(H,27,31). The molecular weight excluding hydrogens is 410 g/mol. The predicted molar refractivity (Wildman–Crippen MR) is 122 cm³/mol. The molecule has 1 aromatic carbocycles. The molecule has 1 saturated carbocycles. The van der Waals surface area contributed by atoms with Gasteiger partial charge in [0.2, 0.25) is 5.69 Å². The van der Waals surface area contributed by atoms with Crippen LogP contribution in [0.1, 0.15) is 53.8 Å². The number of rotatable bonds is 3. The second-order valence-corrected chi connectivity index (χ2v) is 8.93. The van der Waals surface area contributed by atoms with Crippen LogP contribution in [0, 0.1) is 18.4 Å². The molecule has 31 heavy (non-hydrogen) atoms. The smallest absolute Gasteiger partial charge is 0.269 e. The molecule has 1 amide bonds. The third-order valence-electron chi connectivity index (χ3n) is 6.86. The van der Waals surface area contributed by atoms with Crippen LogP contribution in [-0.2, 0) is 6.42 Å². The van der Waals surface area contributed by atoms with Crippen LogP contribution >= 0.6 is 11.6 Å². The molecule has 158 valence electrons. The maximum absolute atomic E-state index is 12.0. The molecule has 6 nitrogen and oxygen atoms in total. The van der Waals surface area contributed by atoms with E-state index < -0.39 is 0 Å². The number of aromatic nitrogens is 1. The van der Waals surface area contributed by atoms with Crippen molar-refractivity contribution in [1.29, 1.82) is 0 Å². The first kappa shape index (κ1) is 20.0. The lowest BCUT2D eigenvalue weighted by Crippen LogP contribution is -2.40. The number of carbonyl (C=O) groups is 1. The number of aryl methyl sites for hydroxylation is 1. The largest absolute Gasteiger partial charge is 0.354 e. The number of nitrogens with zero attached hydrogens (tertiary/aromatic N) is 4. The number of anilines is 1. The van der Waals surface area contributed by atoms with Crippen LogP contribution in [0.3, 0.4) is 0 Å². The number of hydrogen-bond acceptors (Lipinski definition) is 4. The summed E-state index contributed by atoms with van der Waals surface area (Å²) in [6.07, 6.45) is 6.79. The highest BCUT2D eigenvalue weighted by Gasteiger charge is 2.45. The number of pyridine rings is 1. The first-order valence-electron chi connectivity index (χ1n) is 10.9. The Bertz CT molecular complexity index is 1120. The first-order valence-corrected chi connectivity index (χ1v) is 11.3. The lowest BCUT2D eigenvalue weighted by atomic mass is 9.76. The molecule has 1 fully saturated rings. The number of hydrogen-bond donors (Lipinski definition) is 1. The SMILES string of the molecule is [C-]#[N+]c1ccc(N2N=C3c4ccc(C(=O)NC)nc4CCC3C2C2CCCC2)cc1Cl. The average Bonchev–Trinajstić information content (AvgIpc) is 3.45. The first-order chi connectivity index (χ1) is 15.1. The van der Waals surface area contributed by atoms with E-state index in [1.54, 1.807) is 19.2 Å². The molecule has 1 aromatic heterocycles. The molecule has 1 N–H and O–H groups in total. The van der Waals surface area contributed by atoms with Crippen LogP contribution in [0.15, 0.2) is 35.4 Å². The van der Waals surface area contributed by atoms with E-state index in [9.17, 15) is 4.79 Å². The van der Waals surface area contributed by atoms with Crippen molar-refractivity contribution in [2.24, 2.45) is 16.9 Å². The minimum absolute atomic E-state index is 0.168. The van der Waals surface area contributed by atoms with Crippen LogP contribution in [0.2, 0.25) is 5.02 Å². The van der Waals surface area contributed by atoms with Gasteiger partial charge in [-0.15, -0.1) is 0 Å². The number of halogens is 1. The molecule has 0 bridgehead atoms. The molecule has 7 heteroatoms. The third-order valence-corrected chi connectivity index (χ3v) is 7.17. The molecule has 3 aliphatic rings. The molecule has 2 aliphatic carbocycles. The quantitative estimate of drug-likeness (QED) is 0.693. The van der Waals surface area contributed by atoms with Gasteiger partial charge in [-0.3, -0.25) is 9.80 Å². The van der Waals surface area contributed by atoms with Crippen LogP contribution in [0.25, 0.3) is 4.85 Å². The fourth-order valence-electron chi connectivity index (χ4n) is 5.41. The van der Waals surface area contributed by atoms with E-state index in [2.05, 4.69) is 20.2 Å². The van der Waals surface area contributed by atoms with Gasteiger partial charge < -0.3 is 5.32 Å². The molecule has 0 radical (unpaired) electrons. The minimum atomic E-state index is -0.168. The molecule has 2 unspecified atom stereocenters. The van der Waals surface area contributed by atoms with E-state index in [1.807, 2.05) is 18.2 Å². The van der Waals surface area contributed by atoms with Gasteiger partial charge in [-0.25, -0.2) is 9.83 Å². The zero-order valence-electron chi connectivity index (χ0n) is 17.4. The molecule has 2 heterocycles. The summed E-state index contributed by atoms with van der Waals surface area (Å²) in [6.45, 7) is 7.28. The molecule has 0 spiro atoms. The minimum Gasteiger partial charge on any atom is -0.354 e. The van der Waals surface area contributed by atoms with Gasteiger partial charge in [-0.05, 0) is 55.9 Å². The highest BCUT2D eigenvalue weighted by atomic mass is 35.5. The Morgan fingerprint density at radius 3 is 2.74 bits per heavy atom. The van der Waals surface area contributed by atoms with Crippen LogP contribution in [0.4, 0.5) is 11.4 Å². The third kappa shape index (κ3) is 3.37. The summed E-state index contributed by atoms with van der Waals surface area (Å²) in [5.41, 5.74) is 4.92. The number of amides is 1. The maximum atomic E-state index is 12.0. The zero-order valence-corrected chi connectivity index (χ0v) is 18.2. The van der Waals surface area contributed by atoms with Gasteiger partial charge in [0.05, 0.1) is 29.7 Å².